The molecule has 0 aromatic heterocycles. The van der Waals surface area contributed by atoms with Gasteiger partial charge in [-0.05, 0) is 36.4 Å². The first-order valence-corrected chi connectivity index (χ1v) is 17.1. The summed E-state index contributed by atoms with van der Waals surface area (Å²) in [6, 6.07) is 15.2. The van der Waals surface area contributed by atoms with E-state index in [-0.39, 0.29) is 18.1 Å². The molecule has 14 nitrogen and oxygen atoms in total. The fourth-order valence-electron chi connectivity index (χ4n) is 3.50. The molecule has 0 heterocycles. The molecule has 0 aliphatic carbocycles. The third-order valence-electron chi connectivity index (χ3n) is 5.85. The quantitative estimate of drug-likeness (QED) is 0.0660. The molecule has 0 aliphatic rings. The Hall–Kier alpha value is -2.41. The van der Waals surface area contributed by atoms with Crippen LogP contribution in [-0.4, -0.2) is 141 Å². The molecule has 2 aromatic carbocycles. The van der Waals surface area contributed by atoms with Crippen LogP contribution in [0.5, 0.6) is 5.75 Å². The molecular formula is C32H51NO13S. The van der Waals surface area contributed by atoms with E-state index < -0.39 is 10.1 Å². The highest BCUT2D eigenvalue weighted by molar-refractivity contribution is 7.86. The first-order chi connectivity index (χ1) is 23.1. The van der Waals surface area contributed by atoms with Crippen LogP contribution in [-0.2, 0) is 56.9 Å². The Morgan fingerprint density at radius 3 is 1.09 bits per heavy atom. The van der Waals surface area contributed by atoms with Crippen molar-refractivity contribution in [3.05, 3.63) is 54.6 Å². The number of rotatable bonds is 33. The zero-order chi connectivity index (χ0) is 33.5. The number of ether oxygens (including phenoxy) is 10. The minimum absolute atomic E-state index is 0.0597. The van der Waals surface area contributed by atoms with Gasteiger partial charge in [-0.15, -0.1) is 0 Å². The molecule has 0 radical (unpaired) electrons. The lowest BCUT2D eigenvalue weighted by Gasteiger charge is -2.09. The minimum Gasteiger partial charge on any atom is -0.491 e. The van der Waals surface area contributed by atoms with E-state index in [9.17, 15) is 8.42 Å². The second kappa shape index (κ2) is 28.6. The molecule has 0 unspecified atom stereocenters. The van der Waals surface area contributed by atoms with Crippen molar-refractivity contribution in [1.82, 2.24) is 0 Å². The van der Waals surface area contributed by atoms with E-state index in [2.05, 4.69) is 0 Å². The predicted octanol–water partition coefficient (Wildman–Crippen LogP) is 2.20. The maximum absolute atomic E-state index is 12.0. The average Bonchev–Trinajstić information content (AvgIpc) is 3.08. The molecular weight excluding hydrogens is 638 g/mol. The summed E-state index contributed by atoms with van der Waals surface area (Å²) in [4.78, 5) is 0.119. The standard InChI is InChI=1S/C32H51NO13S/c33-30-6-8-31(9-7-30)45-28-26-43-24-22-41-20-18-39-16-14-37-12-10-36-11-13-38-15-17-40-19-21-42-23-25-44-27-29-46-47(34,35)32-4-2-1-3-5-32/h1-9H,10-29,33H2. The van der Waals surface area contributed by atoms with Crippen molar-refractivity contribution in [2.24, 2.45) is 0 Å². The van der Waals surface area contributed by atoms with Gasteiger partial charge in [0.15, 0.2) is 0 Å². The van der Waals surface area contributed by atoms with Crippen molar-refractivity contribution in [2.45, 2.75) is 4.90 Å². The van der Waals surface area contributed by atoms with Gasteiger partial charge in [-0.3, -0.25) is 4.18 Å². The SMILES string of the molecule is Nc1ccc(OCCOCCOCCOCCOCCOCCOCCOCCOCCOCCOS(=O)(=O)c2ccccc2)cc1. The van der Waals surface area contributed by atoms with E-state index in [0.717, 1.165) is 5.75 Å². The van der Waals surface area contributed by atoms with Crippen LogP contribution in [0.4, 0.5) is 5.69 Å². The topological polar surface area (TPSA) is 162 Å². The maximum Gasteiger partial charge on any atom is 0.297 e. The molecule has 47 heavy (non-hydrogen) atoms. The zero-order valence-corrected chi connectivity index (χ0v) is 27.9. The van der Waals surface area contributed by atoms with Gasteiger partial charge in [0.25, 0.3) is 10.1 Å². The zero-order valence-electron chi connectivity index (χ0n) is 27.1. The van der Waals surface area contributed by atoms with Gasteiger partial charge in [-0.25, -0.2) is 0 Å². The highest BCUT2D eigenvalue weighted by Gasteiger charge is 2.13. The number of hydrogen-bond donors (Lipinski definition) is 1. The number of benzene rings is 2. The Morgan fingerprint density at radius 2 is 0.723 bits per heavy atom. The summed E-state index contributed by atoms with van der Waals surface area (Å²) < 4.78 is 83.4. The van der Waals surface area contributed by atoms with Crippen molar-refractivity contribution in [1.29, 1.82) is 0 Å². The van der Waals surface area contributed by atoms with Gasteiger partial charge in [-0.2, -0.15) is 8.42 Å². The number of anilines is 1. The predicted molar refractivity (Wildman–Crippen MR) is 173 cm³/mol. The summed E-state index contributed by atoms with van der Waals surface area (Å²) in [5.41, 5.74) is 6.34. The van der Waals surface area contributed by atoms with Crippen molar-refractivity contribution in [3.8, 4) is 5.75 Å². The molecule has 2 N–H and O–H groups in total. The Labute approximate surface area is 278 Å². The molecule has 2 rings (SSSR count). The molecule has 15 heteroatoms. The summed E-state index contributed by atoms with van der Waals surface area (Å²) in [6.07, 6.45) is 0. The lowest BCUT2D eigenvalue weighted by atomic mass is 10.3. The molecule has 0 saturated carbocycles. The van der Waals surface area contributed by atoms with Gasteiger partial charge in [0.2, 0.25) is 0 Å². The van der Waals surface area contributed by atoms with Gasteiger partial charge in [0.05, 0.1) is 130 Å². The van der Waals surface area contributed by atoms with Crippen LogP contribution in [0.15, 0.2) is 59.5 Å². The number of hydrogen-bond acceptors (Lipinski definition) is 14. The van der Waals surface area contributed by atoms with E-state index in [4.69, 9.17) is 57.3 Å². The average molecular weight is 690 g/mol. The van der Waals surface area contributed by atoms with Gasteiger partial charge >= 0.3 is 0 Å². The maximum atomic E-state index is 12.0. The van der Waals surface area contributed by atoms with E-state index in [1.165, 1.54) is 12.1 Å². The Kier molecular flexibility index (Phi) is 24.8. The summed E-state index contributed by atoms with van der Waals surface area (Å²) in [5.74, 6) is 0.764. The monoisotopic (exact) mass is 689 g/mol. The lowest BCUT2D eigenvalue weighted by molar-refractivity contribution is -0.0257. The van der Waals surface area contributed by atoms with E-state index in [1.54, 1.807) is 30.3 Å². The molecule has 0 spiro atoms. The third-order valence-corrected chi connectivity index (χ3v) is 7.18. The molecule has 0 aliphatic heterocycles. The van der Waals surface area contributed by atoms with Crippen LogP contribution >= 0.6 is 0 Å². The molecule has 2 aromatic rings. The number of nitrogens with two attached hydrogens (primary N) is 1. The smallest absolute Gasteiger partial charge is 0.297 e. The summed E-state index contributed by atoms with van der Waals surface area (Å²) >= 11 is 0. The van der Waals surface area contributed by atoms with E-state index in [0.29, 0.717) is 125 Å². The first-order valence-electron chi connectivity index (χ1n) is 15.7. The molecule has 268 valence electrons. The van der Waals surface area contributed by atoms with Crippen molar-refractivity contribution in [3.63, 3.8) is 0 Å². The largest absolute Gasteiger partial charge is 0.491 e. The van der Waals surface area contributed by atoms with Gasteiger partial charge in [-0.1, -0.05) is 18.2 Å². The van der Waals surface area contributed by atoms with Gasteiger partial charge in [0.1, 0.15) is 12.4 Å². The van der Waals surface area contributed by atoms with Crippen molar-refractivity contribution in [2.75, 3.05) is 138 Å². The molecule has 0 bridgehead atoms. The van der Waals surface area contributed by atoms with Crippen LogP contribution < -0.4 is 10.5 Å². The van der Waals surface area contributed by atoms with E-state index in [1.807, 2.05) is 12.1 Å². The second-order valence-corrected chi connectivity index (χ2v) is 11.1. The van der Waals surface area contributed by atoms with Crippen molar-refractivity contribution >= 4 is 15.8 Å². The van der Waals surface area contributed by atoms with E-state index >= 15 is 0 Å². The van der Waals surface area contributed by atoms with Crippen molar-refractivity contribution < 1.29 is 60.0 Å². The van der Waals surface area contributed by atoms with Gasteiger partial charge < -0.3 is 53.1 Å². The molecule has 0 amide bonds. The van der Waals surface area contributed by atoms with Crippen LogP contribution in [0, 0.1) is 0 Å². The third kappa shape index (κ3) is 23.5. The minimum atomic E-state index is -3.76. The summed E-state index contributed by atoms with van der Waals surface area (Å²) in [7, 11) is -3.76. The highest BCUT2D eigenvalue weighted by atomic mass is 32.2. The Bertz CT molecular complexity index is 1080. The van der Waals surface area contributed by atoms with Crippen LogP contribution in [0.25, 0.3) is 0 Å². The lowest BCUT2D eigenvalue weighted by Crippen LogP contribution is -2.16. The highest BCUT2D eigenvalue weighted by Crippen LogP contribution is 2.13. The Balaban J connectivity index is 1.17. The van der Waals surface area contributed by atoms with Crippen LogP contribution in [0.1, 0.15) is 0 Å². The summed E-state index contributed by atoms with van der Waals surface area (Å²) in [6.45, 7) is 8.38. The van der Waals surface area contributed by atoms with Crippen LogP contribution in [0.3, 0.4) is 0 Å². The fourth-order valence-corrected chi connectivity index (χ4v) is 4.42. The van der Waals surface area contributed by atoms with Gasteiger partial charge in [0, 0.05) is 5.69 Å². The Morgan fingerprint density at radius 1 is 0.404 bits per heavy atom. The number of nitrogen functional groups attached to an aromatic ring is 1. The fraction of sp³-hybridized carbons (Fsp3) is 0.625. The normalized spacial score (nSPS) is 11.7. The van der Waals surface area contributed by atoms with Crippen LogP contribution in [0.2, 0.25) is 0 Å². The summed E-state index contributed by atoms with van der Waals surface area (Å²) in [5, 5.41) is 0. The molecule has 0 fully saturated rings. The first kappa shape index (κ1) is 40.8. The molecule has 0 atom stereocenters. The second-order valence-electron chi connectivity index (χ2n) is 9.52. The molecule has 0 saturated heterocycles.